The molecule has 1 amide bonds. The maximum Gasteiger partial charge on any atom is 0.246 e. The monoisotopic (exact) mass is 384 g/mol. The minimum atomic E-state index is -0.109. The molecule has 1 atom stereocenters. The van der Waals surface area contributed by atoms with Crippen LogP contribution in [0.2, 0.25) is 0 Å². The summed E-state index contributed by atoms with van der Waals surface area (Å²) in [7, 11) is 1.66. The van der Waals surface area contributed by atoms with Crippen molar-refractivity contribution in [2.24, 2.45) is 0 Å². The standard InChI is InChI=1S/C22H28N2O4/c1-26-20-9-7-19(8-10-20)21(24-11-13-27-14-12-24)15-23-22(25)17-28-16-18-5-3-2-4-6-18/h2-10,21H,11-17H2,1H3,(H,23,25). The first-order chi connectivity index (χ1) is 13.8. The van der Waals surface area contributed by atoms with Crippen molar-refractivity contribution in [3.8, 4) is 5.75 Å². The van der Waals surface area contributed by atoms with Crippen LogP contribution < -0.4 is 10.1 Å². The number of nitrogens with one attached hydrogen (secondary N) is 1. The highest BCUT2D eigenvalue weighted by molar-refractivity contribution is 5.77. The molecule has 28 heavy (non-hydrogen) atoms. The topological polar surface area (TPSA) is 60.0 Å². The fraction of sp³-hybridized carbons (Fsp3) is 0.409. The van der Waals surface area contributed by atoms with E-state index in [0.717, 1.165) is 30.0 Å². The first kappa shape index (κ1) is 20.3. The summed E-state index contributed by atoms with van der Waals surface area (Å²) < 4.78 is 16.3. The van der Waals surface area contributed by atoms with Crippen molar-refractivity contribution >= 4 is 5.91 Å². The van der Waals surface area contributed by atoms with Gasteiger partial charge in [0.05, 0.1) is 33.0 Å². The Hall–Kier alpha value is -2.41. The van der Waals surface area contributed by atoms with Crippen LogP contribution in [-0.2, 0) is 20.9 Å². The third-order valence-electron chi connectivity index (χ3n) is 4.82. The maximum atomic E-state index is 12.3. The minimum Gasteiger partial charge on any atom is -0.497 e. The summed E-state index contributed by atoms with van der Waals surface area (Å²) in [5, 5.41) is 3.02. The summed E-state index contributed by atoms with van der Waals surface area (Å²) in [5.74, 6) is 0.713. The van der Waals surface area contributed by atoms with Crippen LogP contribution in [0.4, 0.5) is 0 Å². The highest BCUT2D eigenvalue weighted by atomic mass is 16.5. The van der Waals surface area contributed by atoms with Gasteiger partial charge >= 0.3 is 0 Å². The van der Waals surface area contributed by atoms with Crippen LogP contribution >= 0.6 is 0 Å². The van der Waals surface area contributed by atoms with Crippen LogP contribution in [0.15, 0.2) is 54.6 Å². The van der Waals surface area contributed by atoms with Crippen LogP contribution in [0.25, 0.3) is 0 Å². The molecular formula is C22H28N2O4. The molecule has 0 saturated carbocycles. The summed E-state index contributed by atoms with van der Waals surface area (Å²) in [6.07, 6.45) is 0. The van der Waals surface area contributed by atoms with Gasteiger partial charge in [0.25, 0.3) is 0 Å². The number of benzene rings is 2. The second-order valence-corrected chi connectivity index (χ2v) is 6.72. The van der Waals surface area contributed by atoms with Crippen LogP contribution in [0.3, 0.4) is 0 Å². The quantitative estimate of drug-likeness (QED) is 0.719. The lowest BCUT2D eigenvalue weighted by molar-refractivity contribution is -0.126. The van der Waals surface area contributed by atoms with E-state index in [-0.39, 0.29) is 18.6 Å². The summed E-state index contributed by atoms with van der Waals surface area (Å²) in [6.45, 7) is 4.11. The Morgan fingerprint density at radius 3 is 2.50 bits per heavy atom. The van der Waals surface area contributed by atoms with Crippen molar-refractivity contribution in [2.75, 3.05) is 46.6 Å². The highest BCUT2D eigenvalue weighted by Crippen LogP contribution is 2.23. The Balaban J connectivity index is 1.53. The number of rotatable bonds is 9. The second kappa shape index (κ2) is 10.8. The number of hydrogen-bond donors (Lipinski definition) is 1. The number of methoxy groups -OCH3 is 1. The Labute approximate surface area is 166 Å². The van der Waals surface area contributed by atoms with Crippen LogP contribution in [0.1, 0.15) is 17.2 Å². The normalized spacial score (nSPS) is 15.8. The summed E-state index contributed by atoms with van der Waals surface area (Å²) in [5.41, 5.74) is 2.20. The van der Waals surface area contributed by atoms with Crippen molar-refractivity contribution in [1.29, 1.82) is 0 Å². The maximum absolute atomic E-state index is 12.3. The highest BCUT2D eigenvalue weighted by Gasteiger charge is 2.23. The number of ether oxygens (including phenoxy) is 3. The van der Waals surface area contributed by atoms with Gasteiger partial charge < -0.3 is 19.5 Å². The Morgan fingerprint density at radius 2 is 1.82 bits per heavy atom. The number of hydrogen-bond acceptors (Lipinski definition) is 5. The third kappa shape index (κ3) is 6.05. The van der Waals surface area contributed by atoms with Gasteiger partial charge in [-0.25, -0.2) is 0 Å². The van der Waals surface area contributed by atoms with E-state index in [1.807, 2.05) is 42.5 Å². The first-order valence-corrected chi connectivity index (χ1v) is 9.60. The molecule has 1 fully saturated rings. The van der Waals surface area contributed by atoms with Crippen molar-refractivity contribution in [1.82, 2.24) is 10.2 Å². The zero-order valence-corrected chi connectivity index (χ0v) is 16.3. The Bertz CT molecular complexity index is 715. The van der Waals surface area contributed by atoms with Crippen molar-refractivity contribution in [2.45, 2.75) is 12.6 Å². The van der Waals surface area contributed by atoms with Crippen LogP contribution in [0.5, 0.6) is 5.75 Å². The molecule has 1 saturated heterocycles. The van der Waals surface area contributed by atoms with Gasteiger partial charge in [0.2, 0.25) is 5.91 Å². The smallest absolute Gasteiger partial charge is 0.246 e. The van der Waals surface area contributed by atoms with Gasteiger partial charge in [-0.2, -0.15) is 0 Å². The third-order valence-corrected chi connectivity index (χ3v) is 4.82. The SMILES string of the molecule is COc1ccc(C(CNC(=O)COCc2ccccc2)N2CCOCC2)cc1. The molecule has 1 aliphatic heterocycles. The van der Waals surface area contributed by atoms with Crippen molar-refractivity contribution < 1.29 is 19.0 Å². The predicted molar refractivity (Wildman–Crippen MR) is 107 cm³/mol. The molecule has 6 nitrogen and oxygen atoms in total. The van der Waals surface area contributed by atoms with E-state index in [4.69, 9.17) is 14.2 Å². The number of carbonyl (C=O) groups is 1. The first-order valence-electron chi connectivity index (χ1n) is 9.60. The lowest BCUT2D eigenvalue weighted by Crippen LogP contribution is -2.44. The predicted octanol–water partition coefficient (Wildman–Crippen LogP) is 2.40. The molecule has 2 aromatic rings. The number of nitrogens with zero attached hydrogens (tertiary/aromatic N) is 1. The van der Waals surface area contributed by atoms with Gasteiger partial charge in [-0.05, 0) is 23.3 Å². The zero-order chi connectivity index (χ0) is 19.6. The molecule has 0 bridgehead atoms. The molecule has 6 heteroatoms. The average Bonchev–Trinajstić information content (AvgIpc) is 2.76. The number of morpholine rings is 1. The van der Waals surface area contributed by atoms with E-state index in [1.165, 1.54) is 0 Å². The van der Waals surface area contributed by atoms with Gasteiger partial charge in [0.15, 0.2) is 0 Å². The van der Waals surface area contributed by atoms with E-state index >= 15 is 0 Å². The van der Waals surface area contributed by atoms with Gasteiger partial charge in [0, 0.05) is 19.6 Å². The molecule has 1 aliphatic rings. The molecular weight excluding hydrogens is 356 g/mol. The van der Waals surface area contributed by atoms with Gasteiger partial charge in [-0.3, -0.25) is 9.69 Å². The lowest BCUT2D eigenvalue weighted by Gasteiger charge is -2.35. The molecule has 0 radical (unpaired) electrons. The van der Waals surface area contributed by atoms with E-state index in [1.54, 1.807) is 7.11 Å². The molecule has 3 rings (SSSR count). The molecule has 150 valence electrons. The molecule has 2 aromatic carbocycles. The van der Waals surface area contributed by atoms with Gasteiger partial charge in [-0.1, -0.05) is 42.5 Å². The fourth-order valence-corrected chi connectivity index (χ4v) is 3.27. The largest absolute Gasteiger partial charge is 0.497 e. The number of carbonyl (C=O) groups excluding carboxylic acids is 1. The van der Waals surface area contributed by atoms with Crippen molar-refractivity contribution in [3.05, 3.63) is 65.7 Å². The molecule has 0 aliphatic carbocycles. The van der Waals surface area contributed by atoms with Gasteiger partial charge in [-0.15, -0.1) is 0 Å². The van der Waals surface area contributed by atoms with E-state index < -0.39 is 0 Å². The van der Waals surface area contributed by atoms with Gasteiger partial charge in [0.1, 0.15) is 12.4 Å². The van der Waals surface area contributed by atoms with Crippen LogP contribution in [0, 0.1) is 0 Å². The Morgan fingerprint density at radius 1 is 1.11 bits per heavy atom. The molecule has 1 N–H and O–H groups in total. The van der Waals surface area contributed by atoms with E-state index in [0.29, 0.717) is 26.4 Å². The molecule has 1 heterocycles. The van der Waals surface area contributed by atoms with Crippen molar-refractivity contribution in [3.63, 3.8) is 0 Å². The van der Waals surface area contributed by atoms with E-state index in [2.05, 4.69) is 22.3 Å². The summed E-state index contributed by atoms with van der Waals surface area (Å²) in [6, 6.07) is 17.9. The van der Waals surface area contributed by atoms with Crippen LogP contribution in [-0.4, -0.2) is 57.4 Å². The number of amides is 1. The average molecular weight is 384 g/mol. The zero-order valence-electron chi connectivity index (χ0n) is 16.3. The minimum absolute atomic E-state index is 0.0489. The molecule has 0 spiro atoms. The van der Waals surface area contributed by atoms with E-state index in [9.17, 15) is 4.79 Å². The summed E-state index contributed by atoms with van der Waals surface area (Å²) in [4.78, 5) is 14.6. The second-order valence-electron chi connectivity index (χ2n) is 6.72. The summed E-state index contributed by atoms with van der Waals surface area (Å²) >= 11 is 0. The lowest BCUT2D eigenvalue weighted by atomic mass is 10.0. The molecule has 0 aromatic heterocycles. The fourth-order valence-electron chi connectivity index (χ4n) is 3.27. The molecule has 1 unspecified atom stereocenters. The Kier molecular flexibility index (Phi) is 7.84.